The number of carbonyl (C=O) groups excluding carboxylic acids is 1. The van der Waals surface area contributed by atoms with Crippen LogP contribution in [0.25, 0.3) is 0 Å². The van der Waals surface area contributed by atoms with Gasteiger partial charge >= 0.3 is 0 Å². The van der Waals surface area contributed by atoms with Gasteiger partial charge in [-0.05, 0) is 50.1 Å². The highest BCUT2D eigenvalue weighted by Crippen LogP contribution is 2.35. The molecule has 1 N–H and O–H groups in total. The molecule has 1 unspecified atom stereocenters. The van der Waals surface area contributed by atoms with Crippen LogP contribution in [-0.2, 0) is 24.8 Å². The molecule has 0 spiro atoms. The first-order valence-electron chi connectivity index (χ1n) is 9.23. The lowest BCUT2D eigenvalue weighted by atomic mass is 10.1. The van der Waals surface area contributed by atoms with Gasteiger partial charge < -0.3 is 4.74 Å². The maximum absolute atomic E-state index is 13.2. The second-order valence-electron chi connectivity index (χ2n) is 7.50. The second kappa shape index (κ2) is 7.59. The number of hydrogen-bond acceptors (Lipinski definition) is 6. The topological polar surface area (TPSA) is 110 Å². The second-order valence-corrected chi connectivity index (χ2v) is 11.0. The highest BCUT2D eigenvalue weighted by atomic mass is 32.2. The standard InChI is InChI=1S/C20H24N2O6S2/c1-12-8-13(2)19(14(3)9-12)21-30(26,27)18-10-16(6-7-17(18)28-5)22-20(23)15(4)11-29(22,24)25/h6-10,15,21H,11H2,1-5H3. The molecule has 2 aromatic rings. The van der Waals surface area contributed by atoms with Crippen molar-refractivity contribution in [3.8, 4) is 5.75 Å². The van der Waals surface area contributed by atoms with E-state index >= 15 is 0 Å². The van der Waals surface area contributed by atoms with Crippen LogP contribution in [0.4, 0.5) is 11.4 Å². The number of anilines is 2. The normalized spacial score (nSPS) is 18.5. The molecular weight excluding hydrogens is 428 g/mol. The lowest BCUT2D eigenvalue weighted by molar-refractivity contribution is -0.119. The molecule has 0 radical (unpaired) electrons. The van der Waals surface area contributed by atoms with Gasteiger partial charge in [0.05, 0.1) is 30.2 Å². The van der Waals surface area contributed by atoms with E-state index in [-0.39, 0.29) is 22.1 Å². The van der Waals surface area contributed by atoms with Crippen LogP contribution in [0.2, 0.25) is 0 Å². The van der Waals surface area contributed by atoms with Gasteiger partial charge in [0.1, 0.15) is 10.6 Å². The Bertz CT molecular complexity index is 1210. The third-order valence-electron chi connectivity index (χ3n) is 4.95. The zero-order valence-corrected chi connectivity index (χ0v) is 19.0. The summed E-state index contributed by atoms with van der Waals surface area (Å²) in [7, 11) is -6.70. The van der Waals surface area contributed by atoms with Crippen molar-refractivity contribution in [1.29, 1.82) is 0 Å². The number of nitrogens with zero attached hydrogens (tertiary/aromatic N) is 1. The van der Waals surface area contributed by atoms with Gasteiger partial charge in [0, 0.05) is 0 Å². The first-order valence-corrected chi connectivity index (χ1v) is 12.3. The lowest BCUT2D eigenvalue weighted by Crippen LogP contribution is -2.30. The van der Waals surface area contributed by atoms with Gasteiger partial charge in [0.15, 0.2) is 0 Å². The summed E-state index contributed by atoms with van der Waals surface area (Å²) in [4.78, 5) is 12.1. The Morgan fingerprint density at radius 1 is 1.10 bits per heavy atom. The van der Waals surface area contributed by atoms with Crippen LogP contribution in [0.1, 0.15) is 23.6 Å². The summed E-state index contributed by atoms with van der Waals surface area (Å²) in [5, 5.41) is 0. The van der Waals surface area contributed by atoms with Crippen LogP contribution in [0.15, 0.2) is 35.2 Å². The summed E-state index contributed by atoms with van der Waals surface area (Å²) < 4.78 is 59.7. The van der Waals surface area contributed by atoms with Crippen molar-refractivity contribution in [2.75, 3.05) is 21.9 Å². The molecule has 8 nitrogen and oxygen atoms in total. The summed E-state index contributed by atoms with van der Waals surface area (Å²) >= 11 is 0. The predicted octanol–water partition coefficient (Wildman–Crippen LogP) is 2.73. The Balaban J connectivity index is 2.11. The fourth-order valence-corrected chi connectivity index (χ4v) is 6.82. The smallest absolute Gasteiger partial charge is 0.265 e. The molecule has 1 amide bonds. The molecule has 1 heterocycles. The number of amides is 1. The third-order valence-corrected chi connectivity index (χ3v) is 8.18. The summed E-state index contributed by atoms with van der Waals surface area (Å²) in [5.41, 5.74) is 2.89. The van der Waals surface area contributed by atoms with E-state index in [2.05, 4.69) is 4.72 Å². The van der Waals surface area contributed by atoms with Gasteiger partial charge in [-0.3, -0.25) is 9.52 Å². The van der Waals surface area contributed by atoms with E-state index in [0.29, 0.717) is 9.99 Å². The molecule has 1 atom stereocenters. The Morgan fingerprint density at radius 3 is 2.20 bits per heavy atom. The molecule has 30 heavy (non-hydrogen) atoms. The summed E-state index contributed by atoms with van der Waals surface area (Å²) in [5.74, 6) is -1.58. The van der Waals surface area contributed by atoms with Crippen LogP contribution >= 0.6 is 0 Å². The quantitative estimate of drug-likeness (QED) is 0.747. The van der Waals surface area contributed by atoms with Crippen molar-refractivity contribution in [1.82, 2.24) is 0 Å². The molecule has 1 fully saturated rings. The van der Waals surface area contributed by atoms with Crippen molar-refractivity contribution >= 4 is 37.3 Å². The van der Waals surface area contributed by atoms with Crippen LogP contribution in [0.5, 0.6) is 5.75 Å². The highest BCUT2D eigenvalue weighted by molar-refractivity contribution is 7.94. The first kappa shape index (κ1) is 22.1. The van der Waals surface area contributed by atoms with Gasteiger partial charge in [-0.1, -0.05) is 24.6 Å². The average molecular weight is 453 g/mol. The van der Waals surface area contributed by atoms with Crippen LogP contribution < -0.4 is 13.8 Å². The van der Waals surface area contributed by atoms with Gasteiger partial charge in [-0.2, -0.15) is 0 Å². The highest BCUT2D eigenvalue weighted by Gasteiger charge is 2.42. The van der Waals surface area contributed by atoms with Crippen molar-refractivity contribution < 1.29 is 26.4 Å². The number of ether oxygens (including phenoxy) is 1. The zero-order chi connectivity index (χ0) is 22.4. The Kier molecular flexibility index (Phi) is 5.59. The molecule has 0 saturated carbocycles. The maximum Gasteiger partial charge on any atom is 0.265 e. The van der Waals surface area contributed by atoms with E-state index in [1.54, 1.807) is 13.8 Å². The van der Waals surface area contributed by atoms with E-state index in [0.717, 1.165) is 22.8 Å². The first-order chi connectivity index (χ1) is 13.9. The van der Waals surface area contributed by atoms with E-state index in [1.165, 1.54) is 26.2 Å². The van der Waals surface area contributed by atoms with Crippen LogP contribution in [0, 0.1) is 26.7 Å². The van der Waals surface area contributed by atoms with Crippen LogP contribution in [-0.4, -0.2) is 35.6 Å². The SMILES string of the molecule is COc1ccc(N2C(=O)C(C)CS2(=O)=O)cc1S(=O)(=O)Nc1c(C)cc(C)cc1C. The van der Waals surface area contributed by atoms with Crippen LogP contribution in [0.3, 0.4) is 0 Å². The lowest BCUT2D eigenvalue weighted by Gasteiger charge is -2.19. The minimum Gasteiger partial charge on any atom is -0.495 e. The minimum absolute atomic E-state index is 0.0331. The average Bonchev–Trinajstić information content (AvgIpc) is 2.84. The molecule has 162 valence electrons. The molecule has 3 rings (SSSR count). The summed E-state index contributed by atoms with van der Waals surface area (Å²) in [6, 6.07) is 7.55. The molecule has 0 aliphatic carbocycles. The number of carbonyl (C=O) groups is 1. The summed E-state index contributed by atoms with van der Waals surface area (Å²) in [6.07, 6.45) is 0. The number of nitrogens with one attached hydrogen (secondary N) is 1. The van der Waals surface area contributed by atoms with E-state index < -0.39 is 31.9 Å². The maximum atomic E-state index is 13.2. The minimum atomic E-state index is -4.14. The number of sulfonamides is 2. The van der Waals surface area contributed by atoms with Gasteiger partial charge in [-0.15, -0.1) is 0 Å². The van der Waals surface area contributed by atoms with Gasteiger partial charge in [0.25, 0.3) is 10.0 Å². The molecule has 0 aromatic heterocycles. The molecule has 10 heteroatoms. The molecule has 1 aliphatic heterocycles. The number of hydrogen-bond donors (Lipinski definition) is 1. The zero-order valence-electron chi connectivity index (χ0n) is 17.4. The Hall–Kier alpha value is -2.59. The van der Waals surface area contributed by atoms with Crippen molar-refractivity contribution in [2.45, 2.75) is 32.6 Å². The van der Waals surface area contributed by atoms with Crippen molar-refractivity contribution in [3.63, 3.8) is 0 Å². The monoisotopic (exact) mass is 452 g/mol. The summed E-state index contributed by atoms with van der Waals surface area (Å²) in [6.45, 7) is 7.02. The predicted molar refractivity (Wildman–Crippen MR) is 115 cm³/mol. The van der Waals surface area contributed by atoms with Crippen molar-refractivity contribution in [3.05, 3.63) is 47.0 Å². The van der Waals surface area contributed by atoms with Crippen molar-refractivity contribution in [2.24, 2.45) is 5.92 Å². The van der Waals surface area contributed by atoms with E-state index in [9.17, 15) is 21.6 Å². The molecular formula is C20H24N2O6S2. The molecule has 2 aromatic carbocycles. The fraction of sp³-hybridized carbons (Fsp3) is 0.350. The van der Waals surface area contributed by atoms with E-state index in [4.69, 9.17) is 4.74 Å². The molecule has 1 saturated heterocycles. The van der Waals surface area contributed by atoms with E-state index in [1.807, 2.05) is 19.1 Å². The number of benzene rings is 2. The fourth-order valence-electron chi connectivity index (χ4n) is 3.62. The third kappa shape index (κ3) is 3.89. The number of aryl methyl sites for hydroxylation is 3. The Morgan fingerprint density at radius 2 is 1.70 bits per heavy atom. The Labute approximate surface area is 177 Å². The number of methoxy groups -OCH3 is 1. The number of rotatable bonds is 5. The van der Waals surface area contributed by atoms with Gasteiger partial charge in [0.2, 0.25) is 15.9 Å². The van der Waals surface area contributed by atoms with Gasteiger partial charge in [-0.25, -0.2) is 21.1 Å². The molecule has 1 aliphatic rings. The molecule has 0 bridgehead atoms. The largest absolute Gasteiger partial charge is 0.495 e.